The minimum absolute atomic E-state index is 0.294. The molecule has 0 aromatic carbocycles. The van der Waals surface area contributed by atoms with Gasteiger partial charge in [0.25, 0.3) is 0 Å². The number of hydrogen-bond acceptors (Lipinski definition) is 4. The molecule has 0 bridgehead atoms. The van der Waals surface area contributed by atoms with E-state index >= 15 is 0 Å². The smallest absolute Gasteiger partial charge is 0.0597 e. The number of rotatable bonds is 2. The third kappa shape index (κ3) is 4.61. The third-order valence-electron chi connectivity index (χ3n) is 2.22. The molecule has 1 heterocycles. The van der Waals surface area contributed by atoms with Crippen molar-refractivity contribution in [1.82, 2.24) is 4.31 Å². The van der Waals surface area contributed by atoms with Gasteiger partial charge in [0.2, 0.25) is 0 Å². The summed E-state index contributed by atoms with van der Waals surface area (Å²) in [4.78, 5) is 0. The van der Waals surface area contributed by atoms with Crippen LogP contribution in [0.25, 0.3) is 0 Å². The van der Waals surface area contributed by atoms with Crippen LogP contribution in [0.4, 0.5) is 0 Å². The van der Waals surface area contributed by atoms with Crippen molar-refractivity contribution in [3.63, 3.8) is 0 Å². The van der Waals surface area contributed by atoms with E-state index < -0.39 is 10.8 Å². The maximum absolute atomic E-state index is 9.33. The molecule has 0 radical (unpaired) electrons. The van der Waals surface area contributed by atoms with E-state index in [1.54, 1.807) is 11.4 Å². The quantitative estimate of drug-likeness (QED) is 0.758. The molecular weight excluding hydrogens is 202 g/mol. The first kappa shape index (κ1) is 14.2. The van der Waals surface area contributed by atoms with Gasteiger partial charge in [-0.3, -0.25) is 9.11 Å². The highest BCUT2D eigenvalue weighted by molar-refractivity contribution is 8.21. The third-order valence-corrected chi connectivity index (χ3v) is 3.57. The van der Waals surface area contributed by atoms with E-state index in [0.29, 0.717) is 6.10 Å². The van der Waals surface area contributed by atoms with Gasteiger partial charge in [-0.25, -0.2) is 4.31 Å². The van der Waals surface area contributed by atoms with Gasteiger partial charge in [-0.05, 0) is 12.8 Å². The summed E-state index contributed by atoms with van der Waals surface area (Å²) in [6, 6.07) is 0. The summed E-state index contributed by atoms with van der Waals surface area (Å²) in [5.41, 5.74) is 0. The van der Waals surface area contributed by atoms with Crippen molar-refractivity contribution in [1.29, 1.82) is 0 Å². The molecule has 1 saturated heterocycles. The van der Waals surface area contributed by atoms with Crippen molar-refractivity contribution >= 4 is 10.8 Å². The van der Waals surface area contributed by atoms with Crippen LogP contribution < -0.4 is 0 Å². The predicted molar refractivity (Wildman–Crippen MR) is 61.7 cm³/mol. The van der Waals surface area contributed by atoms with Crippen LogP contribution in [0.3, 0.4) is 0 Å². The maximum atomic E-state index is 9.33. The van der Waals surface area contributed by atoms with Gasteiger partial charge in [-0.15, -0.1) is 10.8 Å². The Morgan fingerprint density at radius 2 is 1.64 bits per heavy atom. The second kappa shape index (κ2) is 6.63. The van der Waals surface area contributed by atoms with Gasteiger partial charge in [-0.2, -0.15) is 0 Å². The van der Waals surface area contributed by atoms with E-state index in [0.717, 1.165) is 25.9 Å². The standard InChI is InChI=1S/C7H17NO3S.C2H6/c1-11-7-3-5-8(6-4-7)12(2,9)10;1-2/h7,9-10H,3-6H2,1-2H3;1-2H3. The Bertz CT molecular complexity index is 141. The molecule has 1 aliphatic rings. The summed E-state index contributed by atoms with van der Waals surface area (Å²) in [7, 11) is -0.781. The summed E-state index contributed by atoms with van der Waals surface area (Å²) >= 11 is 0. The zero-order valence-electron chi connectivity index (χ0n) is 9.56. The van der Waals surface area contributed by atoms with E-state index in [4.69, 9.17) is 4.74 Å². The molecule has 0 atom stereocenters. The lowest BCUT2D eigenvalue weighted by molar-refractivity contribution is 0.0586. The molecule has 5 heteroatoms. The molecule has 0 unspecified atom stereocenters. The molecule has 1 fully saturated rings. The number of hydrogen-bond donors (Lipinski definition) is 2. The molecule has 88 valence electrons. The number of methoxy groups -OCH3 is 1. The van der Waals surface area contributed by atoms with Crippen LogP contribution in [-0.2, 0) is 4.74 Å². The molecule has 14 heavy (non-hydrogen) atoms. The summed E-state index contributed by atoms with van der Waals surface area (Å²) in [5, 5.41) is 0. The molecule has 1 aliphatic heterocycles. The maximum Gasteiger partial charge on any atom is 0.0597 e. The molecule has 0 aliphatic carbocycles. The summed E-state index contributed by atoms with van der Waals surface area (Å²) < 4.78 is 25.5. The van der Waals surface area contributed by atoms with Crippen molar-refractivity contribution in [2.24, 2.45) is 0 Å². The zero-order valence-corrected chi connectivity index (χ0v) is 10.4. The van der Waals surface area contributed by atoms with Crippen LogP contribution >= 0.6 is 10.8 Å². The molecule has 0 amide bonds. The van der Waals surface area contributed by atoms with Crippen LogP contribution in [0.2, 0.25) is 0 Å². The van der Waals surface area contributed by atoms with Crippen LogP contribution in [0, 0.1) is 0 Å². The van der Waals surface area contributed by atoms with Crippen LogP contribution in [0.15, 0.2) is 0 Å². The molecule has 1 rings (SSSR count). The topological polar surface area (TPSA) is 52.9 Å². The summed E-state index contributed by atoms with van der Waals surface area (Å²) in [6.07, 6.45) is 3.54. The van der Waals surface area contributed by atoms with E-state index in [1.165, 1.54) is 6.26 Å². The molecular formula is C9H23NO3S. The highest BCUT2D eigenvalue weighted by atomic mass is 32.3. The second-order valence-corrected chi connectivity index (χ2v) is 5.26. The molecule has 0 aromatic heterocycles. The lowest BCUT2D eigenvalue weighted by Crippen LogP contribution is -2.37. The van der Waals surface area contributed by atoms with Gasteiger partial charge in [0, 0.05) is 26.5 Å². The first-order valence-electron chi connectivity index (χ1n) is 5.05. The molecule has 0 saturated carbocycles. The average molecular weight is 225 g/mol. The van der Waals surface area contributed by atoms with Gasteiger partial charge in [0.15, 0.2) is 0 Å². The molecule has 4 nitrogen and oxygen atoms in total. The van der Waals surface area contributed by atoms with Crippen LogP contribution in [0.5, 0.6) is 0 Å². The van der Waals surface area contributed by atoms with E-state index in [2.05, 4.69) is 0 Å². The Hall–Kier alpha value is 0.190. The Morgan fingerprint density at radius 1 is 1.21 bits per heavy atom. The number of nitrogens with zero attached hydrogens (tertiary/aromatic N) is 1. The van der Waals surface area contributed by atoms with Gasteiger partial charge in [0.1, 0.15) is 0 Å². The number of piperidine rings is 1. The van der Waals surface area contributed by atoms with Gasteiger partial charge < -0.3 is 4.74 Å². The highest BCUT2D eigenvalue weighted by Gasteiger charge is 2.24. The Balaban J connectivity index is 0.000000791. The van der Waals surface area contributed by atoms with Crippen molar-refractivity contribution in [2.45, 2.75) is 32.8 Å². The Morgan fingerprint density at radius 3 is 1.93 bits per heavy atom. The normalized spacial score (nSPS) is 21.3. The minimum Gasteiger partial charge on any atom is -0.381 e. The Labute approximate surface area is 88.7 Å². The summed E-state index contributed by atoms with van der Waals surface area (Å²) in [5.74, 6) is 0. The van der Waals surface area contributed by atoms with Crippen molar-refractivity contribution in [3.8, 4) is 0 Å². The van der Waals surface area contributed by atoms with Gasteiger partial charge in [0.05, 0.1) is 6.10 Å². The monoisotopic (exact) mass is 225 g/mol. The fourth-order valence-electron chi connectivity index (χ4n) is 1.41. The van der Waals surface area contributed by atoms with Crippen molar-refractivity contribution < 1.29 is 13.8 Å². The van der Waals surface area contributed by atoms with E-state index in [1.807, 2.05) is 13.8 Å². The fraction of sp³-hybridized carbons (Fsp3) is 1.00. The van der Waals surface area contributed by atoms with Gasteiger partial charge >= 0.3 is 0 Å². The SMILES string of the molecule is CC.COC1CCN(S(C)(O)O)CC1. The lowest BCUT2D eigenvalue weighted by atomic mass is 10.1. The summed E-state index contributed by atoms with van der Waals surface area (Å²) in [6.45, 7) is 5.44. The molecule has 0 spiro atoms. The largest absolute Gasteiger partial charge is 0.381 e. The first-order chi connectivity index (χ1) is 6.54. The number of ether oxygens (including phenoxy) is 1. The van der Waals surface area contributed by atoms with Crippen molar-refractivity contribution in [2.75, 3.05) is 26.5 Å². The van der Waals surface area contributed by atoms with Crippen molar-refractivity contribution in [3.05, 3.63) is 0 Å². The predicted octanol–water partition coefficient (Wildman–Crippen LogP) is 2.42. The van der Waals surface area contributed by atoms with E-state index in [-0.39, 0.29) is 0 Å². The molecule has 2 N–H and O–H groups in total. The average Bonchev–Trinajstić information content (AvgIpc) is 2.20. The highest BCUT2D eigenvalue weighted by Crippen LogP contribution is 2.40. The van der Waals surface area contributed by atoms with Gasteiger partial charge in [-0.1, -0.05) is 13.8 Å². The van der Waals surface area contributed by atoms with Crippen LogP contribution in [0.1, 0.15) is 26.7 Å². The van der Waals surface area contributed by atoms with Crippen LogP contribution in [-0.4, -0.2) is 46.0 Å². The molecule has 0 aromatic rings. The second-order valence-electron chi connectivity index (χ2n) is 3.16. The zero-order chi connectivity index (χ0) is 11.2. The first-order valence-corrected chi connectivity index (χ1v) is 6.96. The Kier molecular flexibility index (Phi) is 6.72. The lowest BCUT2D eigenvalue weighted by Gasteiger charge is -2.43. The minimum atomic E-state index is -2.48. The van der Waals surface area contributed by atoms with E-state index in [9.17, 15) is 9.11 Å². The fourth-order valence-corrected chi connectivity index (χ4v) is 2.32.